The summed E-state index contributed by atoms with van der Waals surface area (Å²) < 4.78 is 5.64. The van der Waals surface area contributed by atoms with Crippen LogP contribution in [0.15, 0.2) is 60.1 Å². The Morgan fingerprint density at radius 1 is 1.16 bits per heavy atom. The lowest BCUT2D eigenvalue weighted by Gasteiger charge is -2.27. The Bertz CT molecular complexity index is 1380. The molecule has 0 radical (unpaired) electrons. The molecule has 0 bridgehead atoms. The number of benzene rings is 1. The SMILES string of the molecule is C[C@@]12C[C@@H]1N(C(=O)CNC(=O)c1ccc(Oc3ccccn3)cc1)[C@H](C(=O)NCc1cc(C(=N)N)cs1)C2. The van der Waals surface area contributed by atoms with Gasteiger partial charge in [0.1, 0.15) is 17.6 Å². The summed E-state index contributed by atoms with van der Waals surface area (Å²) in [5, 5.41) is 14.9. The van der Waals surface area contributed by atoms with E-state index in [0.29, 0.717) is 35.7 Å². The van der Waals surface area contributed by atoms with Crippen molar-refractivity contribution in [1.82, 2.24) is 20.5 Å². The van der Waals surface area contributed by atoms with Gasteiger partial charge in [-0.1, -0.05) is 13.0 Å². The third-order valence-electron chi connectivity index (χ3n) is 7.00. The van der Waals surface area contributed by atoms with Crippen LogP contribution in [0.25, 0.3) is 0 Å². The van der Waals surface area contributed by atoms with Crippen LogP contribution in [0.2, 0.25) is 0 Å². The van der Waals surface area contributed by atoms with E-state index in [9.17, 15) is 14.4 Å². The fourth-order valence-electron chi connectivity index (χ4n) is 4.82. The summed E-state index contributed by atoms with van der Waals surface area (Å²) in [6, 6.07) is 13.1. The molecule has 3 heterocycles. The smallest absolute Gasteiger partial charge is 0.251 e. The van der Waals surface area contributed by atoms with Crippen LogP contribution >= 0.6 is 11.3 Å². The van der Waals surface area contributed by atoms with Crippen molar-refractivity contribution < 1.29 is 19.1 Å². The summed E-state index contributed by atoms with van der Waals surface area (Å²) >= 11 is 1.41. The van der Waals surface area contributed by atoms with Gasteiger partial charge in [0.2, 0.25) is 17.7 Å². The second kappa shape index (κ2) is 10.3. The Morgan fingerprint density at radius 2 is 1.95 bits per heavy atom. The number of hydrogen-bond donors (Lipinski definition) is 4. The first kappa shape index (κ1) is 25.4. The minimum absolute atomic E-state index is 0.00302. The van der Waals surface area contributed by atoms with E-state index in [2.05, 4.69) is 22.5 Å². The normalized spacial score (nSPS) is 21.3. The van der Waals surface area contributed by atoms with Crippen molar-refractivity contribution in [3.8, 4) is 11.6 Å². The van der Waals surface area contributed by atoms with Gasteiger partial charge in [0.15, 0.2) is 0 Å². The number of nitrogens with two attached hydrogens (primary N) is 1. The van der Waals surface area contributed by atoms with E-state index in [1.54, 1.807) is 58.9 Å². The quantitative estimate of drug-likeness (QED) is 0.246. The molecule has 2 aromatic heterocycles. The molecule has 38 heavy (non-hydrogen) atoms. The van der Waals surface area contributed by atoms with Gasteiger partial charge in [-0.2, -0.15) is 0 Å². The number of nitrogen functional groups attached to an aromatic ring is 1. The average Bonchev–Trinajstić information content (AvgIpc) is 3.23. The molecule has 196 valence electrons. The number of amidine groups is 1. The topological polar surface area (TPSA) is 150 Å². The molecule has 0 unspecified atom stereocenters. The third-order valence-corrected chi connectivity index (χ3v) is 7.94. The molecule has 11 heteroatoms. The van der Waals surface area contributed by atoms with Gasteiger partial charge in [0.05, 0.1) is 13.1 Å². The van der Waals surface area contributed by atoms with Gasteiger partial charge in [-0.05, 0) is 54.7 Å². The third kappa shape index (κ3) is 5.37. The molecular weight excluding hydrogens is 504 g/mol. The first-order chi connectivity index (χ1) is 18.2. The summed E-state index contributed by atoms with van der Waals surface area (Å²) in [5.41, 5.74) is 6.45. The van der Waals surface area contributed by atoms with E-state index < -0.39 is 6.04 Å². The number of ether oxygens (including phenoxy) is 1. The summed E-state index contributed by atoms with van der Waals surface area (Å²) in [6.07, 6.45) is 3.06. The van der Waals surface area contributed by atoms with Crippen LogP contribution in [0.3, 0.4) is 0 Å². The summed E-state index contributed by atoms with van der Waals surface area (Å²) in [7, 11) is 0. The standard InChI is InChI=1S/C27H28N6O4S/c1-27-11-20(26(36)31-13-19-10-17(15-38-19)24(28)29)33(21(27)12-27)23(34)14-32-25(35)16-5-7-18(8-6-16)37-22-4-2-3-9-30-22/h2-10,15,20-21H,11-14H2,1H3,(H3,28,29)(H,31,36)(H,32,35)/t20-,21-,27+/m0/s1. The molecule has 2 aliphatic rings. The van der Waals surface area contributed by atoms with E-state index in [-0.39, 0.29) is 41.6 Å². The Labute approximate surface area is 223 Å². The van der Waals surface area contributed by atoms with Crippen molar-refractivity contribution in [2.24, 2.45) is 11.1 Å². The molecule has 0 spiro atoms. The Morgan fingerprint density at radius 3 is 2.63 bits per heavy atom. The first-order valence-electron chi connectivity index (χ1n) is 12.2. The lowest BCUT2D eigenvalue weighted by molar-refractivity contribution is -0.139. The summed E-state index contributed by atoms with van der Waals surface area (Å²) in [4.78, 5) is 45.5. The second-order valence-electron chi connectivity index (χ2n) is 9.81. The molecule has 3 atom stereocenters. The van der Waals surface area contributed by atoms with Crippen molar-refractivity contribution in [2.75, 3.05) is 6.54 Å². The van der Waals surface area contributed by atoms with E-state index in [4.69, 9.17) is 15.9 Å². The first-order valence-corrected chi connectivity index (χ1v) is 13.1. The monoisotopic (exact) mass is 532 g/mol. The lowest BCUT2D eigenvalue weighted by atomic mass is 10.0. The number of hydrogen-bond acceptors (Lipinski definition) is 7. The maximum atomic E-state index is 13.2. The van der Waals surface area contributed by atoms with Crippen molar-refractivity contribution >= 4 is 34.9 Å². The molecule has 1 aromatic carbocycles. The number of fused-ring (bicyclic) bond motifs is 1. The number of piperidine rings is 1. The largest absolute Gasteiger partial charge is 0.439 e. The van der Waals surface area contributed by atoms with E-state index >= 15 is 0 Å². The number of nitrogens with zero attached hydrogens (tertiary/aromatic N) is 2. The number of rotatable bonds is 9. The number of thiophene rings is 1. The number of nitrogens with one attached hydrogen (secondary N) is 3. The van der Waals surface area contributed by atoms with Gasteiger partial charge in [-0.3, -0.25) is 19.8 Å². The fourth-order valence-corrected chi connectivity index (χ4v) is 5.64. The number of likely N-dealkylation sites (tertiary alicyclic amines) is 1. The molecule has 5 rings (SSSR count). The van der Waals surface area contributed by atoms with Crippen molar-refractivity contribution in [3.05, 3.63) is 76.1 Å². The second-order valence-corrected chi connectivity index (χ2v) is 10.8. The molecule has 10 nitrogen and oxygen atoms in total. The molecule has 2 fully saturated rings. The van der Waals surface area contributed by atoms with Gasteiger partial charge in [0.25, 0.3) is 5.91 Å². The summed E-state index contributed by atoms with van der Waals surface area (Å²) in [6.45, 7) is 2.18. The van der Waals surface area contributed by atoms with Crippen molar-refractivity contribution in [3.63, 3.8) is 0 Å². The van der Waals surface area contributed by atoms with Gasteiger partial charge in [-0.15, -0.1) is 11.3 Å². The van der Waals surface area contributed by atoms with E-state index in [1.165, 1.54) is 11.3 Å². The molecule has 1 aliphatic carbocycles. The predicted octanol–water partition coefficient (Wildman–Crippen LogP) is 2.65. The zero-order chi connectivity index (χ0) is 26.9. The molecule has 1 aliphatic heterocycles. The molecule has 5 N–H and O–H groups in total. The average molecular weight is 533 g/mol. The fraction of sp³-hybridized carbons (Fsp3) is 0.296. The number of carbonyl (C=O) groups excluding carboxylic acids is 3. The van der Waals surface area contributed by atoms with Gasteiger partial charge < -0.3 is 26.0 Å². The van der Waals surface area contributed by atoms with Crippen molar-refractivity contribution in [1.29, 1.82) is 5.41 Å². The van der Waals surface area contributed by atoms with Gasteiger partial charge >= 0.3 is 0 Å². The van der Waals surface area contributed by atoms with Crippen molar-refractivity contribution in [2.45, 2.75) is 38.4 Å². The van der Waals surface area contributed by atoms with Gasteiger partial charge in [-0.25, -0.2) is 4.98 Å². The highest BCUT2D eigenvalue weighted by molar-refractivity contribution is 7.10. The highest BCUT2D eigenvalue weighted by atomic mass is 32.1. The highest BCUT2D eigenvalue weighted by Gasteiger charge is 2.64. The molecule has 1 saturated heterocycles. The van der Waals surface area contributed by atoms with Crippen LogP contribution in [0.4, 0.5) is 0 Å². The molecule has 3 aromatic rings. The maximum Gasteiger partial charge on any atom is 0.251 e. The molecule has 3 amide bonds. The number of carbonyl (C=O) groups is 3. The number of pyridine rings is 1. The molecule has 1 saturated carbocycles. The van der Waals surface area contributed by atoms with Crippen LogP contribution in [-0.2, 0) is 16.1 Å². The summed E-state index contributed by atoms with van der Waals surface area (Å²) in [5.74, 6) is 0.0722. The Kier molecular flexibility index (Phi) is 6.85. The van der Waals surface area contributed by atoms with Crippen LogP contribution in [0, 0.1) is 10.8 Å². The minimum atomic E-state index is -0.585. The van der Waals surface area contributed by atoms with Crippen LogP contribution in [0.5, 0.6) is 11.6 Å². The Balaban J connectivity index is 1.16. The predicted molar refractivity (Wildman–Crippen MR) is 142 cm³/mol. The van der Waals surface area contributed by atoms with Crippen LogP contribution in [-0.4, -0.2) is 52.1 Å². The number of amides is 3. The van der Waals surface area contributed by atoms with Crippen LogP contribution in [0.1, 0.15) is 40.6 Å². The van der Waals surface area contributed by atoms with E-state index in [1.807, 2.05) is 6.07 Å². The maximum absolute atomic E-state index is 13.2. The minimum Gasteiger partial charge on any atom is -0.439 e. The molecular formula is C27H28N6O4S. The van der Waals surface area contributed by atoms with Gasteiger partial charge in [0, 0.05) is 39.7 Å². The zero-order valence-corrected chi connectivity index (χ0v) is 21.6. The lowest BCUT2D eigenvalue weighted by Crippen LogP contribution is -2.50. The van der Waals surface area contributed by atoms with Crippen LogP contribution < -0.4 is 21.1 Å². The Hall–Kier alpha value is -4.25. The zero-order valence-electron chi connectivity index (χ0n) is 20.8. The van der Waals surface area contributed by atoms with E-state index in [0.717, 1.165) is 11.3 Å². The highest BCUT2D eigenvalue weighted by Crippen LogP contribution is 2.59. The number of aromatic nitrogens is 1.